The zero-order valence-electron chi connectivity index (χ0n) is 11.5. The highest BCUT2D eigenvalue weighted by Gasteiger charge is 2.28. The van der Waals surface area contributed by atoms with Crippen LogP contribution in [0, 0.1) is 0 Å². The number of hydrogen-bond acceptors (Lipinski definition) is 4. The SMILES string of the molecule is CC(CNc1nncc2ccccc12)N(C)C1CC1. The van der Waals surface area contributed by atoms with Gasteiger partial charge in [-0.1, -0.05) is 24.3 Å². The zero-order valence-corrected chi connectivity index (χ0v) is 11.5. The lowest BCUT2D eigenvalue weighted by atomic mass is 10.2. The standard InChI is InChI=1S/C15H20N4/c1-11(19(2)13-7-8-13)9-16-15-14-6-4-3-5-12(14)10-17-18-15/h3-6,10-11,13H,7-9H2,1-2H3,(H,16,18). The summed E-state index contributed by atoms with van der Waals surface area (Å²) in [7, 11) is 2.21. The van der Waals surface area contributed by atoms with Crippen molar-refractivity contribution in [3.05, 3.63) is 30.5 Å². The van der Waals surface area contributed by atoms with Crippen LogP contribution in [0.1, 0.15) is 19.8 Å². The van der Waals surface area contributed by atoms with Crippen LogP contribution >= 0.6 is 0 Å². The minimum atomic E-state index is 0.508. The average molecular weight is 256 g/mol. The van der Waals surface area contributed by atoms with E-state index in [0.717, 1.165) is 29.2 Å². The highest BCUT2D eigenvalue weighted by Crippen LogP contribution is 2.27. The number of nitrogens with one attached hydrogen (secondary N) is 1. The molecule has 2 aromatic rings. The van der Waals surface area contributed by atoms with Crippen molar-refractivity contribution < 1.29 is 0 Å². The van der Waals surface area contributed by atoms with E-state index in [1.165, 1.54) is 12.8 Å². The van der Waals surface area contributed by atoms with Gasteiger partial charge in [0.25, 0.3) is 0 Å². The van der Waals surface area contributed by atoms with E-state index < -0.39 is 0 Å². The van der Waals surface area contributed by atoms with E-state index in [0.29, 0.717) is 6.04 Å². The molecule has 0 bridgehead atoms. The van der Waals surface area contributed by atoms with Gasteiger partial charge in [-0.15, -0.1) is 5.10 Å². The second kappa shape index (κ2) is 5.13. The number of nitrogens with zero attached hydrogens (tertiary/aromatic N) is 3. The molecule has 0 aliphatic heterocycles. The Morgan fingerprint density at radius 1 is 1.37 bits per heavy atom. The van der Waals surface area contributed by atoms with Gasteiger partial charge in [0.1, 0.15) is 0 Å². The van der Waals surface area contributed by atoms with Crippen LogP contribution in [0.4, 0.5) is 5.82 Å². The molecule has 3 rings (SSSR count). The van der Waals surface area contributed by atoms with Crippen LogP contribution in [-0.4, -0.2) is 40.8 Å². The molecule has 1 atom stereocenters. The molecule has 1 aromatic heterocycles. The summed E-state index contributed by atoms with van der Waals surface area (Å²) in [5.74, 6) is 0.883. The number of hydrogen-bond donors (Lipinski definition) is 1. The summed E-state index contributed by atoms with van der Waals surface area (Å²) in [6.45, 7) is 3.15. The monoisotopic (exact) mass is 256 g/mol. The Labute approximate surface area is 113 Å². The van der Waals surface area contributed by atoms with Crippen molar-refractivity contribution in [1.29, 1.82) is 0 Å². The van der Waals surface area contributed by atoms with E-state index >= 15 is 0 Å². The maximum absolute atomic E-state index is 4.22. The van der Waals surface area contributed by atoms with Crippen molar-refractivity contribution in [2.45, 2.75) is 31.8 Å². The molecule has 1 saturated carbocycles. The van der Waals surface area contributed by atoms with Crippen molar-refractivity contribution in [3.8, 4) is 0 Å². The van der Waals surface area contributed by atoms with E-state index in [2.05, 4.69) is 46.5 Å². The highest BCUT2D eigenvalue weighted by atomic mass is 15.2. The Morgan fingerprint density at radius 2 is 2.16 bits per heavy atom. The lowest BCUT2D eigenvalue weighted by Gasteiger charge is -2.24. The number of benzene rings is 1. The number of fused-ring (bicyclic) bond motifs is 1. The summed E-state index contributed by atoms with van der Waals surface area (Å²) < 4.78 is 0. The molecule has 1 heterocycles. The number of anilines is 1. The molecule has 0 amide bonds. The third kappa shape index (κ3) is 2.68. The molecule has 0 saturated heterocycles. The third-order valence-electron chi connectivity index (χ3n) is 3.95. The molecule has 1 fully saturated rings. The van der Waals surface area contributed by atoms with Gasteiger partial charge < -0.3 is 5.32 Å². The van der Waals surface area contributed by atoms with Crippen LogP contribution in [0.15, 0.2) is 30.5 Å². The molecule has 4 nitrogen and oxygen atoms in total. The number of likely N-dealkylation sites (N-methyl/N-ethyl adjacent to an activating group) is 1. The Kier molecular flexibility index (Phi) is 3.34. The topological polar surface area (TPSA) is 41.1 Å². The fourth-order valence-electron chi connectivity index (χ4n) is 2.39. The molecular formula is C15H20N4. The largest absolute Gasteiger partial charge is 0.367 e. The predicted octanol–water partition coefficient (Wildman–Crippen LogP) is 2.52. The maximum Gasteiger partial charge on any atom is 0.156 e. The van der Waals surface area contributed by atoms with Gasteiger partial charge in [0.05, 0.1) is 6.20 Å². The van der Waals surface area contributed by atoms with E-state index in [1.54, 1.807) is 6.20 Å². The van der Waals surface area contributed by atoms with Crippen molar-refractivity contribution in [2.75, 3.05) is 18.9 Å². The van der Waals surface area contributed by atoms with Crippen LogP contribution in [0.25, 0.3) is 10.8 Å². The normalized spacial score (nSPS) is 16.8. The first-order chi connectivity index (χ1) is 9.25. The summed E-state index contributed by atoms with van der Waals surface area (Å²) >= 11 is 0. The van der Waals surface area contributed by atoms with Gasteiger partial charge in [0, 0.05) is 29.4 Å². The van der Waals surface area contributed by atoms with Crippen LogP contribution in [0.3, 0.4) is 0 Å². The first-order valence-corrected chi connectivity index (χ1v) is 6.92. The lowest BCUT2D eigenvalue weighted by molar-refractivity contribution is 0.257. The Bertz CT molecular complexity index is 560. The fourth-order valence-corrected chi connectivity index (χ4v) is 2.39. The summed E-state index contributed by atoms with van der Waals surface area (Å²) in [4.78, 5) is 2.45. The minimum absolute atomic E-state index is 0.508. The third-order valence-corrected chi connectivity index (χ3v) is 3.95. The zero-order chi connectivity index (χ0) is 13.2. The van der Waals surface area contributed by atoms with Gasteiger partial charge in [-0.05, 0) is 26.8 Å². The molecule has 0 spiro atoms. The fraction of sp³-hybridized carbons (Fsp3) is 0.467. The molecule has 4 heteroatoms. The van der Waals surface area contributed by atoms with Crippen molar-refractivity contribution in [1.82, 2.24) is 15.1 Å². The molecule has 1 aliphatic carbocycles. The Balaban J connectivity index is 1.71. The lowest BCUT2D eigenvalue weighted by Crippen LogP contribution is -2.36. The first-order valence-electron chi connectivity index (χ1n) is 6.92. The summed E-state index contributed by atoms with van der Waals surface area (Å²) in [6.07, 6.45) is 4.49. The van der Waals surface area contributed by atoms with E-state index in [1.807, 2.05) is 12.1 Å². The maximum atomic E-state index is 4.22. The van der Waals surface area contributed by atoms with Gasteiger partial charge in [-0.3, -0.25) is 4.90 Å². The molecular weight excluding hydrogens is 236 g/mol. The van der Waals surface area contributed by atoms with Crippen molar-refractivity contribution in [2.24, 2.45) is 0 Å². The highest BCUT2D eigenvalue weighted by molar-refractivity contribution is 5.90. The van der Waals surface area contributed by atoms with Gasteiger partial charge in [0.15, 0.2) is 5.82 Å². The predicted molar refractivity (Wildman–Crippen MR) is 78.3 cm³/mol. The van der Waals surface area contributed by atoms with Gasteiger partial charge in [0.2, 0.25) is 0 Å². The number of rotatable bonds is 5. The van der Waals surface area contributed by atoms with Crippen molar-refractivity contribution >= 4 is 16.6 Å². The van der Waals surface area contributed by atoms with E-state index in [4.69, 9.17) is 0 Å². The molecule has 1 N–H and O–H groups in total. The van der Waals surface area contributed by atoms with Gasteiger partial charge in [-0.2, -0.15) is 5.10 Å². The van der Waals surface area contributed by atoms with Crippen LogP contribution in [0.2, 0.25) is 0 Å². The molecule has 19 heavy (non-hydrogen) atoms. The second-order valence-corrected chi connectivity index (χ2v) is 5.41. The second-order valence-electron chi connectivity index (χ2n) is 5.41. The van der Waals surface area contributed by atoms with Crippen LogP contribution < -0.4 is 5.32 Å². The van der Waals surface area contributed by atoms with Crippen LogP contribution in [0.5, 0.6) is 0 Å². The molecule has 100 valence electrons. The minimum Gasteiger partial charge on any atom is -0.367 e. The molecule has 1 unspecified atom stereocenters. The number of aromatic nitrogens is 2. The molecule has 0 radical (unpaired) electrons. The Morgan fingerprint density at radius 3 is 2.95 bits per heavy atom. The first kappa shape index (κ1) is 12.4. The summed E-state index contributed by atoms with van der Waals surface area (Å²) in [5, 5.41) is 14.0. The van der Waals surface area contributed by atoms with E-state index in [-0.39, 0.29) is 0 Å². The Hall–Kier alpha value is -1.68. The smallest absolute Gasteiger partial charge is 0.156 e. The van der Waals surface area contributed by atoms with Gasteiger partial charge >= 0.3 is 0 Å². The molecule has 1 aromatic carbocycles. The van der Waals surface area contributed by atoms with E-state index in [9.17, 15) is 0 Å². The van der Waals surface area contributed by atoms with Crippen LogP contribution in [-0.2, 0) is 0 Å². The molecule has 1 aliphatic rings. The summed E-state index contributed by atoms with van der Waals surface area (Å²) in [5.41, 5.74) is 0. The summed E-state index contributed by atoms with van der Waals surface area (Å²) in [6, 6.07) is 9.51. The van der Waals surface area contributed by atoms with Crippen molar-refractivity contribution in [3.63, 3.8) is 0 Å². The average Bonchev–Trinajstić information content (AvgIpc) is 3.28. The quantitative estimate of drug-likeness (QED) is 0.892. The van der Waals surface area contributed by atoms with Gasteiger partial charge in [-0.25, -0.2) is 0 Å².